The van der Waals surface area contributed by atoms with Gasteiger partial charge >= 0.3 is 0 Å². The summed E-state index contributed by atoms with van der Waals surface area (Å²) in [5, 5.41) is 3.52. The van der Waals surface area contributed by atoms with Crippen LogP contribution in [0.4, 0.5) is 8.78 Å². The van der Waals surface area contributed by atoms with Crippen molar-refractivity contribution in [3.8, 4) is 0 Å². The molecule has 0 aromatic heterocycles. The Hall–Kier alpha value is -1.00. The van der Waals surface area contributed by atoms with Crippen LogP contribution >= 0.6 is 0 Å². The van der Waals surface area contributed by atoms with E-state index in [1.165, 1.54) is 18.2 Å². The minimum absolute atomic E-state index is 0.199. The molecule has 1 saturated heterocycles. The Morgan fingerprint density at radius 1 is 1.25 bits per heavy atom. The summed E-state index contributed by atoms with van der Waals surface area (Å²) in [6, 6.07) is 4.88. The zero-order valence-corrected chi connectivity index (χ0v) is 12.3. The van der Waals surface area contributed by atoms with Gasteiger partial charge in [0.25, 0.3) is 0 Å². The van der Waals surface area contributed by atoms with Crippen molar-refractivity contribution in [2.75, 3.05) is 13.1 Å². The predicted molar refractivity (Wildman–Crippen MR) is 77.5 cm³/mol. The zero-order valence-electron chi connectivity index (χ0n) is 12.3. The molecule has 1 aromatic rings. The minimum atomic E-state index is -0.438. The fourth-order valence-electron chi connectivity index (χ4n) is 2.90. The smallest absolute Gasteiger partial charge is 0.130 e. The van der Waals surface area contributed by atoms with Crippen molar-refractivity contribution in [1.82, 2.24) is 10.2 Å². The highest BCUT2D eigenvalue weighted by molar-refractivity contribution is 5.19. The molecular formula is C16H24F2N2. The molecule has 20 heavy (non-hydrogen) atoms. The van der Waals surface area contributed by atoms with Gasteiger partial charge in [-0.05, 0) is 25.0 Å². The fourth-order valence-corrected chi connectivity index (χ4v) is 2.90. The second-order valence-electron chi connectivity index (χ2n) is 5.59. The molecule has 1 heterocycles. The summed E-state index contributed by atoms with van der Waals surface area (Å²) in [7, 11) is 0. The number of benzene rings is 1. The molecule has 2 rings (SSSR count). The van der Waals surface area contributed by atoms with Crippen molar-refractivity contribution in [1.29, 1.82) is 0 Å². The third-order valence-electron chi connectivity index (χ3n) is 4.15. The first-order valence-corrected chi connectivity index (χ1v) is 7.56. The molecule has 1 fully saturated rings. The second-order valence-corrected chi connectivity index (χ2v) is 5.59. The quantitative estimate of drug-likeness (QED) is 0.891. The van der Waals surface area contributed by atoms with Crippen LogP contribution in [0.5, 0.6) is 0 Å². The highest BCUT2D eigenvalue weighted by Gasteiger charge is 2.27. The maximum Gasteiger partial charge on any atom is 0.130 e. The maximum absolute atomic E-state index is 13.8. The van der Waals surface area contributed by atoms with Crippen LogP contribution in [0.3, 0.4) is 0 Å². The lowest BCUT2D eigenvalue weighted by molar-refractivity contribution is 0.111. The van der Waals surface area contributed by atoms with Crippen molar-refractivity contribution >= 4 is 0 Å². The van der Waals surface area contributed by atoms with Gasteiger partial charge in [-0.2, -0.15) is 0 Å². The summed E-state index contributed by atoms with van der Waals surface area (Å²) in [5.74, 6) is -0.876. The first-order chi connectivity index (χ1) is 9.65. The Morgan fingerprint density at radius 2 is 1.95 bits per heavy atom. The Morgan fingerprint density at radius 3 is 2.55 bits per heavy atom. The summed E-state index contributed by atoms with van der Waals surface area (Å²) in [6.45, 7) is 6.41. The normalized spacial score (nSPS) is 24.0. The maximum atomic E-state index is 13.8. The molecule has 2 unspecified atom stereocenters. The molecule has 1 N–H and O–H groups in total. The molecule has 1 aromatic carbocycles. The lowest BCUT2D eigenvalue weighted by atomic mass is 10.0. The summed E-state index contributed by atoms with van der Waals surface area (Å²) in [5.41, 5.74) is 0.199. The van der Waals surface area contributed by atoms with Gasteiger partial charge in [0.1, 0.15) is 11.6 Å². The largest absolute Gasteiger partial charge is 0.311 e. The van der Waals surface area contributed by atoms with E-state index in [9.17, 15) is 8.78 Å². The molecule has 0 amide bonds. The number of rotatable bonds is 5. The van der Waals surface area contributed by atoms with Crippen LogP contribution in [0.2, 0.25) is 0 Å². The van der Waals surface area contributed by atoms with E-state index in [4.69, 9.17) is 0 Å². The van der Waals surface area contributed by atoms with Gasteiger partial charge in [0.05, 0.1) is 0 Å². The average Bonchev–Trinajstić information content (AvgIpc) is 2.45. The van der Waals surface area contributed by atoms with Crippen molar-refractivity contribution < 1.29 is 8.78 Å². The van der Waals surface area contributed by atoms with Gasteiger partial charge in [0.15, 0.2) is 0 Å². The van der Waals surface area contributed by atoms with Crippen LogP contribution in [0.1, 0.15) is 38.7 Å². The van der Waals surface area contributed by atoms with E-state index in [0.717, 1.165) is 32.4 Å². The van der Waals surface area contributed by atoms with Crippen LogP contribution in [0, 0.1) is 11.6 Å². The van der Waals surface area contributed by atoms with Crippen LogP contribution in [-0.2, 0) is 6.54 Å². The van der Waals surface area contributed by atoms with Crippen LogP contribution in [0.15, 0.2) is 18.2 Å². The van der Waals surface area contributed by atoms with Gasteiger partial charge in [-0.25, -0.2) is 8.78 Å². The average molecular weight is 282 g/mol. The molecular weight excluding hydrogens is 258 g/mol. The molecule has 0 saturated carbocycles. The van der Waals surface area contributed by atoms with E-state index in [1.807, 2.05) is 0 Å². The molecule has 4 heteroatoms. The molecule has 0 spiro atoms. The van der Waals surface area contributed by atoms with Crippen LogP contribution < -0.4 is 5.32 Å². The zero-order chi connectivity index (χ0) is 14.5. The molecule has 0 radical (unpaired) electrons. The summed E-state index contributed by atoms with van der Waals surface area (Å²) < 4.78 is 27.6. The van der Waals surface area contributed by atoms with Gasteiger partial charge in [-0.15, -0.1) is 0 Å². The summed E-state index contributed by atoms with van der Waals surface area (Å²) >= 11 is 0. The summed E-state index contributed by atoms with van der Waals surface area (Å²) in [4.78, 5) is 2.23. The van der Waals surface area contributed by atoms with Gasteiger partial charge in [0, 0.05) is 37.3 Å². The monoisotopic (exact) mass is 282 g/mol. The van der Waals surface area contributed by atoms with Crippen LogP contribution in [-0.4, -0.2) is 30.1 Å². The number of halogens is 2. The standard InChI is InChI=1S/C16H24F2N2/c1-3-6-13-9-19-12(4-2)10-20(13)11-14-15(17)7-5-8-16(14)18/h5,7-8,12-13,19H,3-4,6,9-11H2,1-2H3. The Labute approximate surface area is 120 Å². The van der Waals surface area contributed by atoms with E-state index in [1.54, 1.807) is 0 Å². The molecule has 0 aliphatic carbocycles. The van der Waals surface area contributed by atoms with E-state index >= 15 is 0 Å². The number of nitrogens with zero attached hydrogens (tertiary/aromatic N) is 1. The van der Waals surface area contributed by atoms with Crippen molar-refractivity contribution in [2.24, 2.45) is 0 Å². The highest BCUT2D eigenvalue weighted by Crippen LogP contribution is 2.20. The molecule has 0 bridgehead atoms. The number of nitrogens with one attached hydrogen (secondary N) is 1. The lowest BCUT2D eigenvalue weighted by Gasteiger charge is -2.40. The van der Waals surface area contributed by atoms with E-state index in [-0.39, 0.29) is 5.56 Å². The van der Waals surface area contributed by atoms with Crippen molar-refractivity contribution in [3.05, 3.63) is 35.4 Å². The lowest BCUT2D eigenvalue weighted by Crippen LogP contribution is -2.55. The third kappa shape index (κ3) is 3.55. The molecule has 2 nitrogen and oxygen atoms in total. The molecule has 112 valence electrons. The van der Waals surface area contributed by atoms with Crippen molar-refractivity contribution in [3.63, 3.8) is 0 Å². The highest BCUT2D eigenvalue weighted by atomic mass is 19.1. The van der Waals surface area contributed by atoms with E-state index in [2.05, 4.69) is 24.1 Å². The predicted octanol–water partition coefficient (Wildman–Crippen LogP) is 3.32. The van der Waals surface area contributed by atoms with Crippen LogP contribution in [0.25, 0.3) is 0 Å². The Kier molecular flexibility index (Phi) is 5.49. The molecule has 2 atom stereocenters. The Bertz CT molecular complexity index is 416. The first-order valence-electron chi connectivity index (χ1n) is 7.56. The van der Waals surface area contributed by atoms with Gasteiger partial charge < -0.3 is 5.32 Å². The van der Waals surface area contributed by atoms with Gasteiger partial charge in [0.2, 0.25) is 0 Å². The SMILES string of the molecule is CCCC1CNC(CC)CN1Cc1c(F)cccc1F. The molecule has 1 aliphatic heterocycles. The minimum Gasteiger partial charge on any atom is -0.311 e. The fraction of sp³-hybridized carbons (Fsp3) is 0.625. The second kappa shape index (κ2) is 7.14. The number of hydrogen-bond donors (Lipinski definition) is 1. The Balaban J connectivity index is 2.14. The topological polar surface area (TPSA) is 15.3 Å². The summed E-state index contributed by atoms with van der Waals surface area (Å²) in [6.07, 6.45) is 3.17. The van der Waals surface area contributed by atoms with Gasteiger partial charge in [-0.1, -0.05) is 26.3 Å². The third-order valence-corrected chi connectivity index (χ3v) is 4.15. The number of hydrogen-bond acceptors (Lipinski definition) is 2. The number of piperazine rings is 1. The van der Waals surface area contributed by atoms with E-state index in [0.29, 0.717) is 18.6 Å². The van der Waals surface area contributed by atoms with Crippen molar-refractivity contribution in [2.45, 2.75) is 51.7 Å². The first kappa shape index (κ1) is 15.4. The van der Waals surface area contributed by atoms with E-state index < -0.39 is 11.6 Å². The molecule has 1 aliphatic rings. The van der Waals surface area contributed by atoms with Gasteiger partial charge in [-0.3, -0.25) is 4.90 Å².